The Morgan fingerprint density at radius 2 is 1.89 bits per heavy atom. The lowest BCUT2D eigenvalue weighted by Crippen LogP contribution is -1.95. The fourth-order valence-electron chi connectivity index (χ4n) is 2.88. The number of unbranched alkanes of at least 4 members (excludes halogenated alkanes) is 2. The number of hydrogen-bond donors (Lipinski definition) is 0. The maximum atomic E-state index is 4.65. The molecule has 0 aliphatic carbocycles. The van der Waals surface area contributed by atoms with Crippen molar-refractivity contribution >= 4 is 11.2 Å². The Morgan fingerprint density at radius 1 is 1.11 bits per heavy atom. The maximum absolute atomic E-state index is 4.65. The van der Waals surface area contributed by atoms with Gasteiger partial charge in [0, 0.05) is 18.0 Å². The van der Waals surface area contributed by atoms with Crippen LogP contribution in [-0.2, 0) is 0 Å². The summed E-state index contributed by atoms with van der Waals surface area (Å²) in [6, 6.07) is 0. The van der Waals surface area contributed by atoms with E-state index in [1.165, 1.54) is 35.1 Å². The number of nitrogens with zero attached hydrogens (tertiary/aromatic N) is 3. The Kier molecular flexibility index (Phi) is 7.78. The average Bonchev–Trinajstić information content (AvgIpc) is 3.05. The minimum atomic E-state index is 0.898. The Labute approximate surface area is 164 Å². The van der Waals surface area contributed by atoms with Gasteiger partial charge in [0.15, 0.2) is 5.65 Å². The minimum Gasteiger partial charge on any atom is -0.236 e. The molecule has 0 N–H and O–H groups in total. The number of rotatable bonds is 8. The molecule has 0 saturated heterocycles. The Bertz CT molecular complexity index is 887. The van der Waals surface area contributed by atoms with E-state index in [0.717, 1.165) is 29.6 Å². The summed E-state index contributed by atoms with van der Waals surface area (Å²) in [5.74, 6) is 0. The van der Waals surface area contributed by atoms with E-state index in [9.17, 15) is 0 Å². The van der Waals surface area contributed by atoms with Crippen LogP contribution in [0.15, 0.2) is 59.6 Å². The second kappa shape index (κ2) is 10.1. The first-order chi connectivity index (χ1) is 13.0. The van der Waals surface area contributed by atoms with Gasteiger partial charge in [-0.3, -0.25) is 0 Å². The summed E-state index contributed by atoms with van der Waals surface area (Å²) < 4.78 is 1.87. The van der Waals surface area contributed by atoms with Crippen molar-refractivity contribution in [3.63, 3.8) is 0 Å². The Morgan fingerprint density at radius 3 is 2.56 bits per heavy atom. The zero-order valence-corrected chi connectivity index (χ0v) is 17.7. The van der Waals surface area contributed by atoms with Crippen molar-refractivity contribution in [2.75, 3.05) is 0 Å². The van der Waals surface area contributed by atoms with E-state index in [0.29, 0.717) is 0 Å². The van der Waals surface area contributed by atoms with Crippen LogP contribution in [0, 0.1) is 6.92 Å². The van der Waals surface area contributed by atoms with Gasteiger partial charge in [-0.25, -0.2) is 9.50 Å². The van der Waals surface area contributed by atoms with Crippen molar-refractivity contribution in [3.8, 4) is 0 Å². The van der Waals surface area contributed by atoms with Gasteiger partial charge in [0.25, 0.3) is 0 Å². The highest BCUT2D eigenvalue weighted by Crippen LogP contribution is 2.30. The van der Waals surface area contributed by atoms with Gasteiger partial charge in [0.2, 0.25) is 0 Å². The highest BCUT2D eigenvalue weighted by atomic mass is 15.2. The fourth-order valence-corrected chi connectivity index (χ4v) is 2.88. The molecule has 0 aliphatic rings. The summed E-state index contributed by atoms with van der Waals surface area (Å²) in [5, 5.41) is 4.55. The number of hydrogen-bond acceptors (Lipinski definition) is 2. The molecule has 3 heteroatoms. The molecule has 0 radical (unpaired) electrons. The molecule has 0 aromatic carbocycles. The number of aryl methyl sites for hydroxylation is 1. The SMILES string of the molecule is CCCC/C=C\C(=C(C)C)/C(=C\C=C(\C)CC)c1cnn2cc(C)cnc12. The molecule has 144 valence electrons. The van der Waals surface area contributed by atoms with Crippen molar-refractivity contribution in [3.05, 3.63) is 70.7 Å². The van der Waals surface area contributed by atoms with Gasteiger partial charge < -0.3 is 0 Å². The lowest BCUT2D eigenvalue weighted by atomic mass is 9.94. The van der Waals surface area contributed by atoms with E-state index in [4.69, 9.17) is 0 Å². The van der Waals surface area contributed by atoms with Crippen molar-refractivity contribution in [1.82, 2.24) is 14.6 Å². The van der Waals surface area contributed by atoms with Gasteiger partial charge >= 0.3 is 0 Å². The molecule has 2 rings (SSSR count). The van der Waals surface area contributed by atoms with E-state index in [-0.39, 0.29) is 0 Å². The smallest absolute Gasteiger partial charge is 0.162 e. The highest BCUT2D eigenvalue weighted by Gasteiger charge is 2.14. The molecular weight excluding hydrogens is 330 g/mol. The van der Waals surface area contributed by atoms with Crippen LogP contribution in [0.3, 0.4) is 0 Å². The predicted octanol–water partition coefficient (Wildman–Crippen LogP) is 6.86. The van der Waals surface area contributed by atoms with Crippen LogP contribution >= 0.6 is 0 Å². The van der Waals surface area contributed by atoms with Crippen molar-refractivity contribution in [2.45, 2.75) is 67.2 Å². The highest BCUT2D eigenvalue weighted by molar-refractivity contribution is 5.88. The molecule has 3 nitrogen and oxygen atoms in total. The first kappa shape index (κ1) is 20.9. The molecule has 2 aromatic heterocycles. The lowest BCUT2D eigenvalue weighted by Gasteiger charge is -2.10. The molecule has 0 saturated carbocycles. The lowest BCUT2D eigenvalue weighted by molar-refractivity contribution is 0.814. The minimum absolute atomic E-state index is 0.898. The molecular formula is C24H33N3. The molecule has 2 heterocycles. The molecule has 0 aliphatic heterocycles. The Hall–Kier alpha value is -2.42. The van der Waals surface area contributed by atoms with E-state index in [1.807, 2.05) is 30.0 Å². The van der Waals surface area contributed by atoms with Crippen LogP contribution in [-0.4, -0.2) is 14.6 Å². The van der Waals surface area contributed by atoms with Gasteiger partial charge in [-0.1, -0.05) is 62.1 Å². The normalized spacial score (nSPS) is 13.0. The van der Waals surface area contributed by atoms with Gasteiger partial charge in [-0.15, -0.1) is 0 Å². The number of fused-ring (bicyclic) bond motifs is 1. The second-order valence-electron chi connectivity index (χ2n) is 7.36. The van der Waals surface area contributed by atoms with E-state index >= 15 is 0 Å². The zero-order chi connectivity index (χ0) is 19.8. The Balaban J connectivity index is 2.59. The van der Waals surface area contributed by atoms with Crippen molar-refractivity contribution in [2.24, 2.45) is 0 Å². The average molecular weight is 364 g/mol. The zero-order valence-electron chi connectivity index (χ0n) is 17.7. The topological polar surface area (TPSA) is 30.2 Å². The van der Waals surface area contributed by atoms with Gasteiger partial charge in [-0.05, 0) is 57.2 Å². The van der Waals surface area contributed by atoms with E-state index in [1.54, 1.807) is 0 Å². The molecule has 0 bridgehead atoms. The third-order valence-corrected chi connectivity index (χ3v) is 4.71. The molecule has 0 spiro atoms. The molecule has 0 atom stereocenters. The van der Waals surface area contributed by atoms with Crippen molar-refractivity contribution < 1.29 is 0 Å². The van der Waals surface area contributed by atoms with Gasteiger partial charge in [-0.2, -0.15) is 5.10 Å². The quantitative estimate of drug-likeness (QED) is 0.379. The van der Waals surface area contributed by atoms with Crippen LogP contribution in [0.1, 0.15) is 71.4 Å². The molecule has 2 aromatic rings. The largest absolute Gasteiger partial charge is 0.236 e. The van der Waals surface area contributed by atoms with Crippen LogP contribution in [0.2, 0.25) is 0 Å². The summed E-state index contributed by atoms with van der Waals surface area (Å²) in [6.07, 6.45) is 19.5. The van der Waals surface area contributed by atoms with Crippen molar-refractivity contribution in [1.29, 1.82) is 0 Å². The van der Waals surface area contributed by atoms with Crippen LogP contribution in [0.4, 0.5) is 0 Å². The molecule has 0 fully saturated rings. The number of allylic oxidation sites excluding steroid dienone is 8. The first-order valence-electron chi connectivity index (χ1n) is 10.00. The van der Waals surface area contributed by atoms with Crippen LogP contribution in [0.25, 0.3) is 11.2 Å². The van der Waals surface area contributed by atoms with Crippen LogP contribution < -0.4 is 0 Å². The standard InChI is InChI=1S/C24H33N3/c1-7-9-10-11-12-21(18(3)4)22(14-13-19(5)8-2)23-16-26-27-17-20(6)15-25-24(23)27/h11-17H,7-10H2,1-6H3/b12-11-,19-13-,22-14+. The monoisotopic (exact) mass is 363 g/mol. The summed E-state index contributed by atoms with van der Waals surface area (Å²) in [4.78, 5) is 4.65. The number of aromatic nitrogens is 3. The summed E-state index contributed by atoms with van der Waals surface area (Å²) in [6.45, 7) is 13.0. The molecule has 0 amide bonds. The summed E-state index contributed by atoms with van der Waals surface area (Å²) in [7, 11) is 0. The van der Waals surface area contributed by atoms with E-state index < -0.39 is 0 Å². The fraction of sp³-hybridized carbons (Fsp3) is 0.417. The second-order valence-corrected chi connectivity index (χ2v) is 7.36. The summed E-state index contributed by atoms with van der Waals surface area (Å²) in [5.41, 5.74) is 8.16. The van der Waals surface area contributed by atoms with Crippen LogP contribution in [0.5, 0.6) is 0 Å². The third kappa shape index (κ3) is 5.53. The summed E-state index contributed by atoms with van der Waals surface area (Å²) >= 11 is 0. The van der Waals surface area contributed by atoms with Gasteiger partial charge in [0.1, 0.15) is 0 Å². The van der Waals surface area contributed by atoms with E-state index in [2.05, 4.69) is 69.0 Å². The third-order valence-electron chi connectivity index (χ3n) is 4.71. The predicted molar refractivity (Wildman–Crippen MR) is 117 cm³/mol. The first-order valence-corrected chi connectivity index (χ1v) is 10.00. The molecule has 0 unspecified atom stereocenters. The van der Waals surface area contributed by atoms with Gasteiger partial charge in [0.05, 0.1) is 6.20 Å². The maximum Gasteiger partial charge on any atom is 0.162 e. The molecule has 27 heavy (non-hydrogen) atoms.